The number of carbonyl (C=O) groups is 2. The van der Waals surface area contributed by atoms with E-state index in [1.165, 1.54) is 0 Å². The van der Waals surface area contributed by atoms with Crippen molar-refractivity contribution >= 4 is 33.8 Å². The Morgan fingerprint density at radius 3 is 2.27 bits per heavy atom. The van der Waals surface area contributed by atoms with Gasteiger partial charge in [-0.3, -0.25) is 9.59 Å². The third-order valence-corrected chi connectivity index (χ3v) is 5.14. The van der Waals surface area contributed by atoms with Gasteiger partial charge in [-0.25, -0.2) is 0 Å². The van der Waals surface area contributed by atoms with Crippen molar-refractivity contribution in [2.75, 3.05) is 13.1 Å². The smallest absolute Gasteiger partial charge is 0.270 e. The highest BCUT2D eigenvalue weighted by Crippen LogP contribution is 2.25. The topological polar surface area (TPSA) is 62.6 Å². The van der Waals surface area contributed by atoms with Gasteiger partial charge in [0.25, 0.3) is 11.8 Å². The molecule has 5 nitrogen and oxygen atoms in total. The maximum atomic E-state index is 13.0. The van der Waals surface area contributed by atoms with Crippen molar-refractivity contribution in [3.8, 4) is 11.3 Å². The van der Waals surface area contributed by atoms with Crippen LogP contribution in [0, 0.1) is 0 Å². The molecule has 30 heavy (non-hydrogen) atoms. The van der Waals surface area contributed by atoms with Gasteiger partial charge in [0.05, 0.1) is 0 Å². The van der Waals surface area contributed by atoms with Crippen molar-refractivity contribution in [3.63, 3.8) is 0 Å². The summed E-state index contributed by atoms with van der Waals surface area (Å²) in [6.45, 7) is 4.87. The van der Waals surface area contributed by atoms with E-state index in [9.17, 15) is 9.59 Å². The molecule has 0 saturated heterocycles. The Balaban J connectivity index is 1.91. The maximum Gasteiger partial charge on any atom is 0.270 e. The minimum atomic E-state index is -0.345. The van der Waals surface area contributed by atoms with Crippen LogP contribution in [0.1, 0.15) is 30.0 Å². The molecule has 0 unspecified atom stereocenters. The van der Waals surface area contributed by atoms with Crippen LogP contribution in [0.25, 0.3) is 17.4 Å². The van der Waals surface area contributed by atoms with E-state index in [4.69, 9.17) is 4.42 Å². The second-order valence-electron chi connectivity index (χ2n) is 6.56. The highest BCUT2D eigenvalue weighted by atomic mass is 79.9. The first kappa shape index (κ1) is 21.6. The van der Waals surface area contributed by atoms with Gasteiger partial charge in [-0.05, 0) is 50.2 Å². The molecule has 3 rings (SSSR count). The summed E-state index contributed by atoms with van der Waals surface area (Å²) in [6, 6.07) is 20.2. The molecule has 0 saturated carbocycles. The molecule has 0 bridgehead atoms. The Morgan fingerprint density at radius 2 is 1.63 bits per heavy atom. The summed E-state index contributed by atoms with van der Waals surface area (Å²) >= 11 is 3.42. The number of hydrogen-bond acceptors (Lipinski definition) is 3. The van der Waals surface area contributed by atoms with Crippen LogP contribution in [-0.4, -0.2) is 29.8 Å². The molecule has 0 spiro atoms. The van der Waals surface area contributed by atoms with Crippen LogP contribution in [0.2, 0.25) is 0 Å². The van der Waals surface area contributed by atoms with E-state index in [1.807, 2.05) is 50.2 Å². The van der Waals surface area contributed by atoms with Gasteiger partial charge in [0.15, 0.2) is 0 Å². The Kier molecular flexibility index (Phi) is 7.25. The predicted octanol–water partition coefficient (Wildman–Crippen LogP) is 5.35. The number of nitrogens with one attached hydrogen (secondary N) is 1. The lowest BCUT2D eigenvalue weighted by atomic mass is 10.2. The number of likely N-dealkylation sites (N-methyl/N-ethyl adjacent to an activating group) is 1. The molecular weight excluding hydrogens is 444 g/mol. The summed E-state index contributed by atoms with van der Waals surface area (Å²) in [5.74, 6) is 0.558. The standard InChI is InChI=1S/C24H23BrN2O3/c1-3-27(4-2)24(29)21(26-23(28)18-8-6-5-7-9-18)16-20-14-15-22(30-20)17-10-12-19(25)13-11-17/h5-16H,3-4H2,1-2H3,(H,26,28)/b21-16+. The molecule has 1 heterocycles. The fourth-order valence-electron chi connectivity index (χ4n) is 2.96. The van der Waals surface area contributed by atoms with E-state index in [0.717, 1.165) is 10.0 Å². The maximum absolute atomic E-state index is 13.0. The molecule has 154 valence electrons. The molecule has 0 aliphatic carbocycles. The van der Waals surface area contributed by atoms with E-state index in [1.54, 1.807) is 41.3 Å². The second-order valence-corrected chi connectivity index (χ2v) is 7.48. The van der Waals surface area contributed by atoms with Gasteiger partial charge in [0, 0.05) is 34.8 Å². The minimum absolute atomic E-state index is 0.171. The third kappa shape index (κ3) is 5.27. The summed E-state index contributed by atoms with van der Waals surface area (Å²) in [4.78, 5) is 27.3. The molecule has 1 N–H and O–H groups in total. The molecule has 0 atom stereocenters. The first-order chi connectivity index (χ1) is 14.5. The molecule has 0 fully saturated rings. The van der Waals surface area contributed by atoms with Gasteiger partial charge < -0.3 is 14.6 Å². The fraction of sp³-hybridized carbons (Fsp3) is 0.167. The second kappa shape index (κ2) is 10.1. The average Bonchev–Trinajstić information content (AvgIpc) is 3.23. The molecule has 2 aromatic carbocycles. The van der Waals surface area contributed by atoms with Crippen LogP contribution in [0.4, 0.5) is 0 Å². The lowest BCUT2D eigenvalue weighted by molar-refractivity contribution is -0.127. The van der Waals surface area contributed by atoms with E-state index >= 15 is 0 Å². The molecular formula is C24H23BrN2O3. The highest BCUT2D eigenvalue weighted by molar-refractivity contribution is 9.10. The monoisotopic (exact) mass is 466 g/mol. The van der Waals surface area contributed by atoms with Crippen molar-refractivity contribution < 1.29 is 14.0 Å². The minimum Gasteiger partial charge on any atom is -0.457 e. The van der Waals surface area contributed by atoms with Crippen molar-refractivity contribution in [3.05, 3.63) is 88.2 Å². The summed E-state index contributed by atoms with van der Waals surface area (Å²) < 4.78 is 6.89. The highest BCUT2D eigenvalue weighted by Gasteiger charge is 2.19. The number of rotatable bonds is 7. The number of nitrogens with zero attached hydrogens (tertiary/aromatic N) is 1. The number of carbonyl (C=O) groups excluding carboxylic acids is 2. The Labute approximate surface area is 184 Å². The van der Waals surface area contributed by atoms with Gasteiger partial charge in [-0.15, -0.1) is 0 Å². The zero-order chi connectivity index (χ0) is 21.5. The molecule has 0 radical (unpaired) electrons. The summed E-state index contributed by atoms with van der Waals surface area (Å²) in [5.41, 5.74) is 1.57. The Hall–Kier alpha value is -3.12. The van der Waals surface area contributed by atoms with Crippen LogP contribution in [0.3, 0.4) is 0 Å². The van der Waals surface area contributed by atoms with Crippen LogP contribution in [0.15, 0.2) is 81.3 Å². The number of amides is 2. The molecule has 0 aliphatic rings. The van der Waals surface area contributed by atoms with E-state index in [0.29, 0.717) is 30.2 Å². The van der Waals surface area contributed by atoms with Gasteiger partial charge in [-0.2, -0.15) is 0 Å². The van der Waals surface area contributed by atoms with E-state index in [-0.39, 0.29) is 17.5 Å². The van der Waals surface area contributed by atoms with Crippen LogP contribution in [0.5, 0.6) is 0 Å². The lowest BCUT2D eigenvalue weighted by Crippen LogP contribution is -2.38. The Bertz CT molecular complexity index is 1040. The lowest BCUT2D eigenvalue weighted by Gasteiger charge is -2.20. The Morgan fingerprint density at radius 1 is 0.967 bits per heavy atom. The summed E-state index contributed by atoms with van der Waals surface area (Å²) in [7, 11) is 0. The molecule has 3 aromatic rings. The quantitative estimate of drug-likeness (QED) is 0.477. The fourth-order valence-corrected chi connectivity index (χ4v) is 3.22. The SMILES string of the molecule is CCN(CC)C(=O)/C(=C\c1ccc(-c2ccc(Br)cc2)o1)NC(=O)c1ccccc1. The van der Waals surface area contributed by atoms with Crippen molar-refractivity contribution in [2.24, 2.45) is 0 Å². The molecule has 1 aromatic heterocycles. The van der Waals surface area contributed by atoms with Gasteiger partial charge in [0.2, 0.25) is 0 Å². The van der Waals surface area contributed by atoms with Gasteiger partial charge >= 0.3 is 0 Å². The average molecular weight is 467 g/mol. The van der Waals surface area contributed by atoms with Crippen molar-refractivity contribution in [1.82, 2.24) is 10.2 Å². The molecule has 2 amide bonds. The summed E-state index contributed by atoms with van der Waals surface area (Å²) in [6.07, 6.45) is 1.57. The van der Waals surface area contributed by atoms with Crippen LogP contribution in [-0.2, 0) is 4.79 Å². The largest absolute Gasteiger partial charge is 0.457 e. The predicted molar refractivity (Wildman–Crippen MR) is 122 cm³/mol. The van der Waals surface area contributed by atoms with Crippen LogP contribution < -0.4 is 5.32 Å². The number of hydrogen-bond donors (Lipinski definition) is 1. The van der Waals surface area contributed by atoms with E-state index < -0.39 is 0 Å². The summed E-state index contributed by atoms with van der Waals surface area (Å²) in [5, 5.41) is 2.75. The third-order valence-electron chi connectivity index (χ3n) is 4.61. The number of benzene rings is 2. The molecule has 0 aliphatic heterocycles. The zero-order valence-corrected chi connectivity index (χ0v) is 18.5. The van der Waals surface area contributed by atoms with Gasteiger partial charge in [0.1, 0.15) is 17.2 Å². The van der Waals surface area contributed by atoms with Crippen LogP contribution >= 0.6 is 15.9 Å². The first-order valence-electron chi connectivity index (χ1n) is 9.75. The van der Waals surface area contributed by atoms with Crippen molar-refractivity contribution in [1.29, 1.82) is 0 Å². The first-order valence-corrected chi connectivity index (χ1v) is 10.5. The number of furan rings is 1. The van der Waals surface area contributed by atoms with Gasteiger partial charge in [-0.1, -0.05) is 46.3 Å². The van der Waals surface area contributed by atoms with Crippen molar-refractivity contribution in [2.45, 2.75) is 13.8 Å². The molecule has 6 heteroatoms. The number of halogens is 1. The van der Waals surface area contributed by atoms with E-state index in [2.05, 4.69) is 21.2 Å². The zero-order valence-electron chi connectivity index (χ0n) is 16.9. The normalized spacial score (nSPS) is 11.2.